The number of carbonyl (C=O) groups excluding carboxylic acids is 2. The smallest absolute Gasteiger partial charge is 0.496 e. The predicted octanol–water partition coefficient (Wildman–Crippen LogP) is 5.26. The number of aromatic carboxylic acids is 1. The van der Waals surface area contributed by atoms with Gasteiger partial charge in [-0.3, -0.25) is 9.59 Å². The van der Waals surface area contributed by atoms with Crippen LogP contribution in [0.3, 0.4) is 0 Å². The van der Waals surface area contributed by atoms with Gasteiger partial charge in [0.15, 0.2) is 22.8 Å². The molecule has 0 radical (unpaired) electrons. The van der Waals surface area contributed by atoms with E-state index in [1.54, 1.807) is 0 Å². The van der Waals surface area contributed by atoms with Gasteiger partial charge in [-0.2, -0.15) is 13.2 Å². The third kappa shape index (κ3) is 5.81. The number of nitrogens with one attached hydrogen (secondary N) is 3. The van der Waals surface area contributed by atoms with Gasteiger partial charge in [0.1, 0.15) is 23.4 Å². The number of hydrogen-bond acceptors (Lipinski definition) is 11. The number of rotatable bonds is 10. The summed E-state index contributed by atoms with van der Waals surface area (Å²) >= 11 is 0. The van der Waals surface area contributed by atoms with E-state index < -0.39 is 71.0 Å². The molecule has 2 aliphatic carbocycles. The molecule has 1 aromatic carbocycles. The van der Waals surface area contributed by atoms with Crippen molar-refractivity contribution in [2.45, 2.75) is 80.5 Å². The molecule has 2 aromatic heterocycles. The average Bonchev–Trinajstić information content (AvgIpc) is 3.39. The molecule has 19 heteroatoms. The Morgan fingerprint density at radius 3 is 2.37 bits per heavy atom. The molecule has 5 heterocycles. The van der Waals surface area contributed by atoms with Gasteiger partial charge in [0.2, 0.25) is 5.89 Å². The van der Waals surface area contributed by atoms with Crippen LogP contribution in [-0.2, 0) is 10.2 Å². The van der Waals surface area contributed by atoms with Crippen LogP contribution >= 0.6 is 0 Å². The molecule has 3 aliphatic heterocycles. The molecule has 2 amide bonds. The van der Waals surface area contributed by atoms with Crippen molar-refractivity contribution in [1.29, 1.82) is 0 Å². The highest BCUT2D eigenvalue weighted by atomic mass is 19.4. The molecule has 4 fully saturated rings. The van der Waals surface area contributed by atoms with Gasteiger partial charge in [0.25, 0.3) is 11.8 Å². The molecular weight excluding hydrogens is 693 g/mol. The zero-order valence-electron chi connectivity index (χ0n) is 26.9. The van der Waals surface area contributed by atoms with Gasteiger partial charge in [-0.15, -0.1) is 8.78 Å². The van der Waals surface area contributed by atoms with E-state index in [0.29, 0.717) is 12.8 Å². The van der Waals surface area contributed by atoms with Crippen LogP contribution < -0.4 is 30.2 Å². The number of benzene rings is 1. The maximum atomic E-state index is 14.1. The molecular formula is C32H30F5N5O9. The monoisotopic (exact) mass is 723 g/mol. The quantitative estimate of drug-likeness (QED) is 0.200. The van der Waals surface area contributed by atoms with Crippen molar-refractivity contribution in [3.05, 3.63) is 53.4 Å². The predicted molar refractivity (Wildman–Crippen MR) is 162 cm³/mol. The number of anilines is 2. The third-order valence-electron chi connectivity index (χ3n) is 10.1. The Morgan fingerprint density at radius 2 is 1.78 bits per heavy atom. The highest BCUT2D eigenvalue weighted by Crippen LogP contribution is 2.53. The molecule has 2 saturated carbocycles. The zero-order valence-corrected chi connectivity index (χ0v) is 26.9. The summed E-state index contributed by atoms with van der Waals surface area (Å²) in [6, 6.07) is 2.89. The van der Waals surface area contributed by atoms with Crippen molar-refractivity contribution in [2.75, 3.05) is 24.4 Å². The molecule has 8 rings (SSSR count). The summed E-state index contributed by atoms with van der Waals surface area (Å²) in [7, 11) is 1.30. The number of carbonyl (C=O) groups is 3. The van der Waals surface area contributed by atoms with Gasteiger partial charge in [0, 0.05) is 18.3 Å². The summed E-state index contributed by atoms with van der Waals surface area (Å²) in [6.07, 6.45) is -6.23. The summed E-state index contributed by atoms with van der Waals surface area (Å²) in [5.41, 5.74) is -5.25. The molecule has 272 valence electrons. The fourth-order valence-electron chi connectivity index (χ4n) is 6.99. The van der Waals surface area contributed by atoms with E-state index in [4.69, 9.17) is 13.9 Å². The fourth-order valence-corrected chi connectivity index (χ4v) is 6.99. The van der Waals surface area contributed by atoms with Crippen LogP contribution in [0, 0.1) is 0 Å². The number of halogens is 5. The maximum absolute atomic E-state index is 14.1. The summed E-state index contributed by atoms with van der Waals surface area (Å²) in [4.78, 5) is 47.5. The summed E-state index contributed by atoms with van der Waals surface area (Å²) in [5, 5.41) is 17.7. The van der Waals surface area contributed by atoms with Gasteiger partial charge in [-0.25, -0.2) is 14.8 Å². The molecule has 14 nitrogen and oxygen atoms in total. The molecule has 2 unspecified atom stereocenters. The van der Waals surface area contributed by atoms with E-state index in [-0.39, 0.29) is 65.6 Å². The molecule has 3 aromatic rings. The first-order valence-electron chi connectivity index (χ1n) is 15.8. The largest absolute Gasteiger partial charge is 0.586 e. The summed E-state index contributed by atoms with van der Waals surface area (Å²) in [6.45, 7) is 1.42. The van der Waals surface area contributed by atoms with Gasteiger partial charge >= 0.3 is 18.4 Å². The lowest BCUT2D eigenvalue weighted by atomic mass is 9.70. The van der Waals surface area contributed by atoms with Crippen molar-refractivity contribution in [3.8, 4) is 17.2 Å². The number of amides is 2. The van der Waals surface area contributed by atoms with Crippen LogP contribution in [0.5, 0.6) is 17.2 Å². The van der Waals surface area contributed by atoms with Crippen molar-refractivity contribution in [1.82, 2.24) is 15.3 Å². The van der Waals surface area contributed by atoms with E-state index in [9.17, 15) is 41.4 Å². The number of carboxylic acids is 1. The van der Waals surface area contributed by atoms with E-state index in [1.807, 2.05) is 6.92 Å². The number of alkyl halides is 5. The second kappa shape index (κ2) is 11.7. The number of fused-ring (bicyclic) bond motifs is 4. The number of nitrogens with zero attached hydrogens (tertiary/aromatic N) is 2. The minimum atomic E-state index is -4.60. The van der Waals surface area contributed by atoms with Crippen molar-refractivity contribution in [2.24, 2.45) is 0 Å². The number of methoxy groups -OCH3 is 1. The normalized spacial score (nSPS) is 27.1. The highest BCUT2D eigenvalue weighted by Gasteiger charge is 2.63. The zero-order chi connectivity index (χ0) is 36.6. The van der Waals surface area contributed by atoms with Gasteiger partial charge < -0.3 is 44.4 Å². The Balaban J connectivity index is 1.17. The first kappa shape index (κ1) is 34.3. The average molecular weight is 724 g/mol. The van der Waals surface area contributed by atoms with Gasteiger partial charge in [-0.1, -0.05) is 6.92 Å². The molecule has 51 heavy (non-hydrogen) atoms. The molecule has 0 spiro atoms. The van der Waals surface area contributed by atoms with Crippen LogP contribution in [0.25, 0.3) is 0 Å². The number of pyridine rings is 1. The Bertz CT molecular complexity index is 1910. The van der Waals surface area contributed by atoms with Crippen molar-refractivity contribution >= 4 is 29.3 Å². The Hall–Kier alpha value is -5.20. The number of ether oxygens (including phenoxy) is 4. The number of hydrogen-bond donors (Lipinski definition) is 4. The second-order valence-electron chi connectivity index (χ2n) is 13.0. The Labute approximate surface area is 285 Å². The lowest BCUT2D eigenvalue weighted by Crippen LogP contribution is -2.66. The number of aromatic nitrogens is 2. The van der Waals surface area contributed by atoms with Crippen LogP contribution in [0.2, 0.25) is 0 Å². The van der Waals surface area contributed by atoms with E-state index in [0.717, 1.165) is 18.4 Å². The van der Waals surface area contributed by atoms with Crippen molar-refractivity contribution < 1.29 is 64.8 Å². The van der Waals surface area contributed by atoms with Crippen LogP contribution in [0.4, 0.5) is 33.5 Å². The SMILES string of the molecule is CCC1(c2nc(C(=O)O)co2)CC1Nc1nccc(OC)c1C(=O)Nc1cc2c(cc1C(=O)NC13CCC(C(F)(F)F)(CC1)OC3)OC(F)(F)O2. The van der Waals surface area contributed by atoms with E-state index >= 15 is 0 Å². The number of oxazole rings is 1. The third-order valence-corrected chi connectivity index (χ3v) is 10.1. The van der Waals surface area contributed by atoms with Crippen molar-refractivity contribution in [3.63, 3.8) is 0 Å². The molecule has 2 saturated heterocycles. The first-order chi connectivity index (χ1) is 24.0. The van der Waals surface area contributed by atoms with E-state index in [1.165, 1.54) is 19.4 Å². The molecule has 2 bridgehead atoms. The minimum absolute atomic E-state index is 0.0315. The van der Waals surface area contributed by atoms with Crippen LogP contribution in [0.1, 0.15) is 82.5 Å². The molecule has 4 N–H and O–H groups in total. The Kier molecular flexibility index (Phi) is 7.84. The lowest BCUT2D eigenvalue weighted by molar-refractivity contribution is -0.317. The second-order valence-corrected chi connectivity index (χ2v) is 13.0. The number of carboxylic acid groups (broad SMARTS) is 1. The molecule has 2 atom stereocenters. The summed E-state index contributed by atoms with van der Waals surface area (Å²) < 4.78 is 94.5. The van der Waals surface area contributed by atoms with E-state index in [2.05, 4.69) is 35.4 Å². The summed E-state index contributed by atoms with van der Waals surface area (Å²) in [5.74, 6) is -3.79. The topological polar surface area (TPSA) is 183 Å². The van der Waals surface area contributed by atoms with Gasteiger partial charge in [-0.05, 0) is 50.7 Å². The van der Waals surface area contributed by atoms with Crippen LogP contribution in [0.15, 0.2) is 35.1 Å². The highest BCUT2D eigenvalue weighted by molar-refractivity contribution is 6.13. The Morgan fingerprint density at radius 1 is 1.08 bits per heavy atom. The lowest BCUT2D eigenvalue weighted by Gasteiger charge is -2.53. The van der Waals surface area contributed by atoms with Gasteiger partial charge in [0.05, 0.1) is 35.9 Å². The minimum Gasteiger partial charge on any atom is -0.496 e. The molecule has 5 aliphatic rings. The standard InChI is InChI=1S/C32H30F5N5O9/c1-3-29(27-40-17(13-48-27)26(45)46)12-21(29)41-23-22(18(47-2)4-9-38-23)25(44)39-16-11-20-19(50-32(36,37)51-20)10-15(16)24(43)42-28-5-7-30(8-6-28,49-14-28)31(33,34)35/h4,9-11,13,21H,3,5-8,12,14H2,1-2H3,(H,38,41)(H,39,44)(H,42,43)(H,45,46). The maximum Gasteiger partial charge on any atom is 0.586 e. The van der Waals surface area contributed by atoms with Crippen LogP contribution in [-0.4, -0.2) is 76.2 Å². The first-order valence-corrected chi connectivity index (χ1v) is 15.8. The fraction of sp³-hybridized carbons (Fsp3) is 0.469.